The summed E-state index contributed by atoms with van der Waals surface area (Å²) >= 11 is 0. The first kappa shape index (κ1) is 41.6. The second-order valence-electron chi connectivity index (χ2n) is 22.1. The van der Waals surface area contributed by atoms with Crippen LogP contribution in [0.15, 0.2) is 58.7 Å². The van der Waals surface area contributed by atoms with Crippen LogP contribution in [0.4, 0.5) is 0 Å². The van der Waals surface area contributed by atoms with Crippen LogP contribution in [0.2, 0.25) is 0 Å². The molecule has 9 fully saturated rings. The Hall–Kier alpha value is -3.09. The lowest BCUT2D eigenvalue weighted by Crippen LogP contribution is -2.70. The van der Waals surface area contributed by atoms with Gasteiger partial charge in [-0.3, -0.25) is 9.59 Å². The Balaban J connectivity index is 0.735. The molecule has 2 spiro atoms. The van der Waals surface area contributed by atoms with E-state index in [0.717, 1.165) is 55.2 Å². The Morgan fingerprint density at radius 1 is 0.919 bits per heavy atom. The van der Waals surface area contributed by atoms with Gasteiger partial charge in [0.1, 0.15) is 36.1 Å². The van der Waals surface area contributed by atoms with Gasteiger partial charge in [0.05, 0.1) is 31.2 Å². The van der Waals surface area contributed by atoms with Gasteiger partial charge in [-0.25, -0.2) is 4.79 Å². The highest BCUT2D eigenvalue weighted by Crippen LogP contribution is 2.83. The Labute approximate surface area is 365 Å². The van der Waals surface area contributed by atoms with Crippen LogP contribution in [0.25, 0.3) is 0 Å². The lowest BCUT2D eigenvalue weighted by Gasteiger charge is -2.53. The molecule has 0 radical (unpaired) electrons. The van der Waals surface area contributed by atoms with E-state index in [-0.39, 0.29) is 72.3 Å². The molecule has 0 aromatic rings. The van der Waals surface area contributed by atoms with Crippen LogP contribution >= 0.6 is 0 Å². The first-order valence-electron chi connectivity index (χ1n) is 24.0. The van der Waals surface area contributed by atoms with Crippen LogP contribution in [0.1, 0.15) is 125 Å². The van der Waals surface area contributed by atoms with E-state index >= 15 is 0 Å². The molecular formula is C51H66O11. The molecule has 16 atom stereocenters. The van der Waals surface area contributed by atoms with Gasteiger partial charge in [0.25, 0.3) is 0 Å². The average Bonchev–Trinajstić information content (AvgIpc) is 4.08. The van der Waals surface area contributed by atoms with Crippen molar-refractivity contribution in [3.63, 3.8) is 0 Å². The predicted molar refractivity (Wildman–Crippen MR) is 226 cm³/mol. The number of ether oxygens (including phenoxy) is 6. The van der Waals surface area contributed by atoms with Crippen molar-refractivity contribution in [2.24, 2.45) is 46.3 Å². The van der Waals surface area contributed by atoms with Gasteiger partial charge in [-0.2, -0.15) is 0 Å². The zero-order valence-electron chi connectivity index (χ0n) is 37.2. The lowest BCUT2D eigenvalue weighted by atomic mass is 9.46. The summed E-state index contributed by atoms with van der Waals surface area (Å²) in [6, 6.07) is 0. The smallest absolute Gasteiger partial charge is 0.334 e. The number of carbonyl (C=O) groups excluding carboxylic acids is 3. The number of aliphatic hydroxyl groups excluding tert-OH is 2. The molecule has 11 rings (SSSR count). The predicted octanol–water partition coefficient (Wildman–Crippen LogP) is 7.09. The molecule has 0 amide bonds. The molecule has 4 aliphatic heterocycles. The minimum Gasteiger partial charge on any atom is -0.462 e. The van der Waals surface area contributed by atoms with E-state index in [1.807, 2.05) is 6.08 Å². The monoisotopic (exact) mass is 854 g/mol. The maximum absolute atomic E-state index is 13.8. The molecule has 6 saturated carbocycles. The van der Waals surface area contributed by atoms with E-state index in [0.29, 0.717) is 55.1 Å². The zero-order valence-corrected chi connectivity index (χ0v) is 37.2. The number of cyclic esters (lactones) is 1. The average molecular weight is 855 g/mol. The highest BCUT2D eigenvalue weighted by atomic mass is 16.8. The van der Waals surface area contributed by atoms with Gasteiger partial charge >= 0.3 is 17.9 Å². The van der Waals surface area contributed by atoms with E-state index < -0.39 is 47.1 Å². The van der Waals surface area contributed by atoms with Crippen LogP contribution in [-0.4, -0.2) is 94.3 Å². The Kier molecular flexibility index (Phi) is 9.53. The van der Waals surface area contributed by atoms with Gasteiger partial charge < -0.3 is 38.6 Å². The number of rotatable bonds is 11. The number of hydrogen-bond acceptors (Lipinski definition) is 11. The molecule has 0 aromatic heterocycles. The van der Waals surface area contributed by atoms with Crippen molar-refractivity contribution in [1.82, 2.24) is 0 Å². The first-order valence-corrected chi connectivity index (χ1v) is 24.0. The molecular weight excluding hydrogens is 789 g/mol. The van der Waals surface area contributed by atoms with Crippen molar-refractivity contribution >= 4 is 17.9 Å². The number of aliphatic hydroxyl groups is 2. The number of hydrogen-bond donors (Lipinski definition) is 2. The van der Waals surface area contributed by atoms with Crippen LogP contribution in [0, 0.1) is 46.3 Å². The molecule has 2 N–H and O–H groups in total. The van der Waals surface area contributed by atoms with Crippen molar-refractivity contribution in [3.05, 3.63) is 58.7 Å². The number of fused-ring (bicyclic) bond motifs is 5. The maximum atomic E-state index is 13.8. The summed E-state index contributed by atoms with van der Waals surface area (Å²) in [4.78, 5) is 39.8. The van der Waals surface area contributed by atoms with E-state index in [1.54, 1.807) is 0 Å². The Bertz CT molecular complexity index is 2100. The Morgan fingerprint density at radius 3 is 2.45 bits per heavy atom. The third-order valence-corrected chi connectivity index (χ3v) is 18.8. The topological polar surface area (TPSA) is 157 Å². The van der Waals surface area contributed by atoms with E-state index in [4.69, 9.17) is 28.4 Å². The minimum atomic E-state index is -0.860. The van der Waals surface area contributed by atoms with Gasteiger partial charge in [-0.05, 0) is 122 Å². The van der Waals surface area contributed by atoms with Crippen molar-refractivity contribution in [2.75, 3.05) is 6.61 Å². The van der Waals surface area contributed by atoms with E-state index in [9.17, 15) is 24.6 Å². The molecule has 11 nitrogen and oxygen atoms in total. The van der Waals surface area contributed by atoms with E-state index in [2.05, 4.69) is 59.4 Å². The number of carbonyl (C=O) groups is 3. The van der Waals surface area contributed by atoms with Crippen molar-refractivity contribution in [2.45, 2.75) is 184 Å². The SMILES string of the molecule is C=C1/C(=C\C=C2/CCC[C@@]3(C)C2CCC3[C@@H](C)/C=C/C(O)C2CC2)C[C@@H](OC(=O)CCC(=O)O[C@@H]2[C@@]3(C(C)C)O[C@H]3[C@@H]3O[C@]34[C@]23O[C@H]3C[C@H]2C3=C(CC[C@@]24C)C(=O)OC3)C[C@@H]1O. The third-order valence-electron chi connectivity index (χ3n) is 18.8. The van der Waals surface area contributed by atoms with Gasteiger partial charge in [-0.15, -0.1) is 0 Å². The molecule has 11 heteroatoms. The Morgan fingerprint density at radius 2 is 1.69 bits per heavy atom. The van der Waals surface area contributed by atoms with Crippen molar-refractivity contribution in [1.29, 1.82) is 0 Å². The van der Waals surface area contributed by atoms with Crippen LogP contribution in [0.3, 0.4) is 0 Å². The summed E-state index contributed by atoms with van der Waals surface area (Å²) < 4.78 is 38.0. The van der Waals surface area contributed by atoms with Gasteiger partial charge in [0, 0.05) is 23.8 Å². The zero-order chi connectivity index (χ0) is 43.3. The standard InChI is InChI=1S/C51H66O11/c1-26(2)49-43(61-49)44-51(62-44)48(6)21-19-33-34(25-57-45(33)56)37(48)24-40-50(51,60-40)46(49)59-42(55)18-17-41(54)58-32-22-31(28(4)39(53)23-32)13-10-29-8-7-20-47(5)35(14-15-36(29)47)27(3)9-16-38(52)30-11-12-30/h9-10,13,16,26-27,30,32,35-40,43-44,46,52-53H,4,7-8,11-12,14-15,17-25H2,1-3,5-6H3/b16-9+,29-10+,31-13-/t27-,32+,35?,36?,37-,38?,39-,40-,43-,44-,46+,47+,48-,49-,50+,51+/m0/s1. The molecule has 3 saturated heterocycles. The first-order chi connectivity index (χ1) is 29.6. The fraction of sp³-hybridized carbons (Fsp3) is 0.745. The van der Waals surface area contributed by atoms with Crippen LogP contribution in [0.5, 0.6) is 0 Å². The number of allylic oxidation sites excluding steroid dienone is 4. The molecule has 7 aliphatic carbocycles. The number of epoxide rings is 3. The molecule has 62 heavy (non-hydrogen) atoms. The molecule has 336 valence electrons. The molecule has 3 unspecified atom stereocenters. The fourth-order valence-electron chi connectivity index (χ4n) is 15.2. The highest BCUT2D eigenvalue weighted by molar-refractivity contribution is 5.92. The van der Waals surface area contributed by atoms with Gasteiger partial charge in [0.2, 0.25) is 0 Å². The van der Waals surface area contributed by atoms with Crippen molar-refractivity contribution < 1.29 is 53.0 Å². The van der Waals surface area contributed by atoms with Gasteiger partial charge in [-0.1, -0.05) is 71.1 Å². The molecule has 0 bridgehead atoms. The second kappa shape index (κ2) is 14.2. The largest absolute Gasteiger partial charge is 0.462 e. The van der Waals surface area contributed by atoms with Crippen LogP contribution < -0.4 is 0 Å². The fourth-order valence-corrected chi connectivity index (χ4v) is 15.2. The lowest BCUT2D eigenvalue weighted by molar-refractivity contribution is -0.171. The third kappa shape index (κ3) is 5.81. The van der Waals surface area contributed by atoms with Crippen LogP contribution in [-0.2, 0) is 42.8 Å². The maximum Gasteiger partial charge on any atom is 0.334 e. The summed E-state index contributed by atoms with van der Waals surface area (Å²) in [5.41, 5.74) is 2.43. The normalized spacial score (nSPS) is 48.0. The summed E-state index contributed by atoms with van der Waals surface area (Å²) in [7, 11) is 0. The highest BCUT2D eigenvalue weighted by Gasteiger charge is 3.01. The minimum absolute atomic E-state index is 0.0232. The summed E-state index contributed by atoms with van der Waals surface area (Å²) in [6.07, 6.45) is 16.1. The summed E-state index contributed by atoms with van der Waals surface area (Å²) in [5.74, 6) is 0.782. The summed E-state index contributed by atoms with van der Waals surface area (Å²) in [6.45, 7) is 15.7. The quantitative estimate of drug-likeness (QED) is 0.0947. The van der Waals surface area contributed by atoms with Gasteiger partial charge in [0.15, 0.2) is 11.7 Å². The number of esters is 3. The molecule has 0 aromatic carbocycles. The molecule has 4 heterocycles. The van der Waals surface area contributed by atoms with Crippen molar-refractivity contribution in [3.8, 4) is 0 Å². The molecule has 11 aliphatic rings. The van der Waals surface area contributed by atoms with E-state index in [1.165, 1.54) is 18.4 Å². The second-order valence-corrected chi connectivity index (χ2v) is 22.1. The summed E-state index contributed by atoms with van der Waals surface area (Å²) in [5, 5.41) is 21.5.